The highest BCUT2D eigenvalue weighted by Gasteiger charge is 2.18. The van der Waals surface area contributed by atoms with Crippen molar-refractivity contribution >= 4 is 5.97 Å². The molecule has 0 aliphatic heterocycles. The number of esters is 1. The predicted octanol–water partition coefficient (Wildman–Crippen LogP) is 6.14. The molecule has 5 heteroatoms. The summed E-state index contributed by atoms with van der Waals surface area (Å²) in [5.74, 6) is -0.160. The first-order valence-corrected chi connectivity index (χ1v) is 11.0. The summed E-state index contributed by atoms with van der Waals surface area (Å²) < 4.78 is 6.60. The third kappa shape index (κ3) is 6.91. The van der Waals surface area contributed by atoms with E-state index in [-0.39, 0.29) is 29.1 Å². The molecule has 170 valence electrons. The van der Waals surface area contributed by atoms with Crippen molar-refractivity contribution in [3.63, 3.8) is 0 Å². The fourth-order valence-electron chi connectivity index (χ4n) is 2.97. The maximum absolute atomic E-state index is 12.9. The topological polar surface area (TPSA) is 61.2 Å². The van der Waals surface area contributed by atoms with Crippen LogP contribution in [0, 0.1) is 5.92 Å². The van der Waals surface area contributed by atoms with Gasteiger partial charge >= 0.3 is 5.97 Å². The number of nitrogens with zero attached hydrogens (tertiary/aromatic N) is 2. The Kier molecular flexibility index (Phi) is 8.53. The Morgan fingerprint density at radius 1 is 0.875 bits per heavy atom. The summed E-state index contributed by atoms with van der Waals surface area (Å²) in [6, 6.07) is 19.7. The first kappa shape index (κ1) is 25.1. The Balaban J connectivity index is 0.000000309. The van der Waals surface area contributed by atoms with E-state index in [0.29, 0.717) is 5.56 Å². The Morgan fingerprint density at radius 2 is 1.38 bits per heavy atom. The summed E-state index contributed by atoms with van der Waals surface area (Å²) in [5, 5.41) is 4.34. The molecule has 3 aromatic rings. The maximum atomic E-state index is 12.9. The Morgan fingerprint density at radius 3 is 1.78 bits per heavy atom. The van der Waals surface area contributed by atoms with E-state index in [4.69, 9.17) is 4.74 Å². The fraction of sp³-hybridized carbons (Fsp3) is 0.370. The molecule has 2 aromatic carbocycles. The Labute approximate surface area is 191 Å². The van der Waals surface area contributed by atoms with Crippen molar-refractivity contribution in [2.24, 2.45) is 5.92 Å². The number of carbonyl (C=O) groups is 1. The van der Waals surface area contributed by atoms with Crippen molar-refractivity contribution < 1.29 is 9.53 Å². The van der Waals surface area contributed by atoms with Gasteiger partial charge in [0, 0.05) is 5.56 Å². The summed E-state index contributed by atoms with van der Waals surface area (Å²) in [4.78, 5) is 23.8. The molecule has 3 rings (SSSR count). The molecule has 0 radical (unpaired) electrons. The molecule has 5 nitrogen and oxygen atoms in total. The highest BCUT2D eigenvalue weighted by atomic mass is 16.6. The molecule has 1 aromatic heterocycles. The second-order valence-corrected chi connectivity index (χ2v) is 9.20. The minimum Gasteiger partial charge on any atom is -0.460 e. The van der Waals surface area contributed by atoms with Gasteiger partial charge in [0.2, 0.25) is 0 Å². The molecule has 0 amide bonds. The van der Waals surface area contributed by atoms with Crippen LogP contribution in [0.3, 0.4) is 0 Å². The molecule has 0 unspecified atom stereocenters. The van der Waals surface area contributed by atoms with Gasteiger partial charge in [-0.1, -0.05) is 74.5 Å². The van der Waals surface area contributed by atoms with Crippen LogP contribution in [0.1, 0.15) is 54.5 Å². The Bertz CT molecular complexity index is 1060. The van der Waals surface area contributed by atoms with Crippen LogP contribution in [0.25, 0.3) is 22.3 Å². The molecule has 0 spiro atoms. The highest BCUT2D eigenvalue weighted by molar-refractivity contribution is 5.82. The van der Waals surface area contributed by atoms with E-state index in [1.165, 1.54) is 4.68 Å². The van der Waals surface area contributed by atoms with E-state index in [2.05, 4.69) is 5.10 Å². The number of aromatic nitrogens is 2. The average molecular weight is 435 g/mol. The number of carbonyl (C=O) groups excluding carboxylic acids is 1. The van der Waals surface area contributed by atoms with Crippen LogP contribution in [-0.2, 0) is 9.53 Å². The molecule has 0 aliphatic rings. The number of rotatable bonds is 4. The minimum absolute atomic E-state index is 0.0276. The third-order valence-corrected chi connectivity index (χ3v) is 4.52. The van der Waals surface area contributed by atoms with Crippen LogP contribution < -0.4 is 5.56 Å². The van der Waals surface area contributed by atoms with Crippen LogP contribution in [-0.4, -0.2) is 21.4 Å². The summed E-state index contributed by atoms with van der Waals surface area (Å²) in [5.41, 5.74) is 3.10. The Hall–Kier alpha value is -3.21. The lowest BCUT2D eigenvalue weighted by Crippen LogP contribution is -2.26. The first-order valence-electron chi connectivity index (χ1n) is 11.0. The van der Waals surface area contributed by atoms with E-state index in [0.717, 1.165) is 16.7 Å². The minimum atomic E-state index is -0.346. The molecule has 0 N–H and O–H groups in total. The number of hydrogen-bond acceptors (Lipinski definition) is 4. The average Bonchev–Trinajstić information content (AvgIpc) is 2.73. The zero-order valence-electron chi connectivity index (χ0n) is 20.1. The van der Waals surface area contributed by atoms with Gasteiger partial charge in [-0.3, -0.25) is 9.59 Å². The van der Waals surface area contributed by atoms with E-state index in [1.807, 2.05) is 109 Å². The quantitative estimate of drug-likeness (QED) is 0.463. The van der Waals surface area contributed by atoms with Gasteiger partial charge in [-0.15, -0.1) is 0 Å². The molecule has 0 bridgehead atoms. The lowest BCUT2D eigenvalue weighted by atomic mass is 9.97. The van der Waals surface area contributed by atoms with E-state index in [9.17, 15) is 9.59 Å². The van der Waals surface area contributed by atoms with Crippen LogP contribution in [0.15, 0.2) is 71.7 Å². The molecule has 32 heavy (non-hydrogen) atoms. The molecular weight excluding hydrogens is 400 g/mol. The standard InChI is InChI=1S/C19H18N2O.C8H16O2/c1-14(2)21-19(22)18(16-11-7-4-8-12-16)17(13-20-21)15-9-5-3-6-10-15;1-6(2)7(9)10-8(3,4)5/h3-14H,1-2H3;6H,1-5H3. The molecular formula is C27H34N2O3. The second kappa shape index (κ2) is 10.9. The van der Waals surface area contributed by atoms with Gasteiger partial charge in [0.1, 0.15) is 5.60 Å². The summed E-state index contributed by atoms with van der Waals surface area (Å²) in [6.45, 7) is 13.2. The van der Waals surface area contributed by atoms with Crippen molar-refractivity contribution in [1.29, 1.82) is 0 Å². The van der Waals surface area contributed by atoms with Crippen LogP contribution in [0.4, 0.5) is 0 Å². The monoisotopic (exact) mass is 434 g/mol. The van der Waals surface area contributed by atoms with E-state index < -0.39 is 0 Å². The van der Waals surface area contributed by atoms with Gasteiger partial charge in [0.15, 0.2) is 0 Å². The van der Waals surface area contributed by atoms with Crippen molar-refractivity contribution in [2.45, 2.75) is 60.1 Å². The maximum Gasteiger partial charge on any atom is 0.308 e. The summed E-state index contributed by atoms with van der Waals surface area (Å²) in [7, 11) is 0. The van der Waals surface area contributed by atoms with Gasteiger partial charge in [-0.05, 0) is 45.7 Å². The van der Waals surface area contributed by atoms with Crippen molar-refractivity contribution in [2.75, 3.05) is 0 Å². The molecule has 0 fully saturated rings. The van der Waals surface area contributed by atoms with Crippen molar-refractivity contribution in [3.8, 4) is 22.3 Å². The van der Waals surface area contributed by atoms with Crippen LogP contribution in [0.5, 0.6) is 0 Å². The third-order valence-electron chi connectivity index (χ3n) is 4.52. The highest BCUT2D eigenvalue weighted by Crippen LogP contribution is 2.28. The van der Waals surface area contributed by atoms with Gasteiger partial charge < -0.3 is 4.74 Å². The smallest absolute Gasteiger partial charge is 0.308 e. The fourth-order valence-corrected chi connectivity index (χ4v) is 2.97. The molecule has 0 saturated carbocycles. The normalized spacial score (nSPS) is 11.2. The van der Waals surface area contributed by atoms with Gasteiger partial charge in [-0.2, -0.15) is 5.10 Å². The summed E-state index contributed by atoms with van der Waals surface area (Å²) >= 11 is 0. The zero-order valence-corrected chi connectivity index (χ0v) is 20.1. The number of benzene rings is 2. The first-order chi connectivity index (χ1) is 15.0. The van der Waals surface area contributed by atoms with Crippen molar-refractivity contribution in [1.82, 2.24) is 9.78 Å². The van der Waals surface area contributed by atoms with Gasteiger partial charge in [0.25, 0.3) is 5.56 Å². The van der Waals surface area contributed by atoms with Gasteiger partial charge in [0.05, 0.1) is 23.7 Å². The van der Waals surface area contributed by atoms with Crippen molar-refractivity contribution in [3.05, 3.63) is 77.2 Å². The van der Waals surface area contributed by atoms with E-state index >= 15 is 0 Å². The molecule has 0 saturated heterocycles. The second-order valence-electron chi connectivity index (χ2n) is 9.20. The van der Waals surface area contributed by atoms with Crippen LogP contribution in [0.2, 0.25) is 0 Å². The molecule has 1 heterocycles. The molecule has 0 aliphatic carbocycles. The van der Waals surface area contributed by atoms with E-state index in [1.54, 1.807) is 6.20 Å². The largest absolute Gasteiger partial charge is 0.460 e. The SMILES string of the molecule is CC(C)C(=O)OC(C)(C)C.CC(C)n1ncc(-c2ccccc2)c(-c2ccccc2)c1=O. The number of hydrogen-bond donors (Lipinski definition) is 0. The van der Waals surface area contributed by atoms with Gasteiger partial charge in [-0.25, -0.2) is 4.68 Å². The predicted molar refractivity (Wildman–Crippen MR) is 130 cm³/mol. The zero-order chi connectivity index (χ0) is 23.9. The lowest BCUT2D eigenvalue weighted by Gasteiger charge is -2.20. The van der Waals surface area contributed by atoms with Crippen LogP contribution >= 0.6 is 0 Å². The summed E-state index contributed by atoms with van der Waals surface area (Å²) in [6.07, 6.45) is 1.79. The lowest BCUT2D eigenvalue weighted by molar-refractivity contribution is -0.158. The number of ether oxygens (including phenoxy) is 1. The molecule has 0 atom stereocenters.